The molecule has 0 aromatic heterocycles. The predicted octanol–water partition coefficient (Wildman–Crippen LogP) is 0.982. The molecule has 0 unspecified atom stereocenters. The minimum atomic E-state index is -0.330. The molecule has 3 heteroatoms. The number of ether oxygens (including phenoxy) is 1. The maximum absolute atomic E-state index is 11.0. The zero-order valence-corrected chi connectivity index (χ0v) is 12.2. The summed E-state index contributed by atoms with van der Waals surface area (Å²) < 4.78 is 6.19. The van der Waals surface area contributed by atoms with Crippen molar-refractivity contribution >= 4 is 3.98 Å². The molecule has 0 rings (SSSR count). The second-order valence-electron chi connectivity index (χ2n) is 3.61. The molecule has 0 heterocycles. The van der Waals surface area contributed by atoms with E-state index in [1.165, 1.54) is 38.5 Å². The van der Waals surface area contributed by atoms with Crippen molar-refractivity contribution in [3.63, 3.8) is 0 Å². The summed E-state index contributed by atoms with van der Waals surface area (Å²) in [5.74, 6) is 0. The molecule has 0 atom stereocenters. The first-order chi connectivity index (χ1) is 7.31. The molecule has 15 heavy (non-hydrogen) atoms. The maximum atomic E-state index is 11.0. The van der Waals surface area contributed by atoms with Gasteiger partial charge in [-0.1, -0.05) is 0 Å². The van der Waals surface area contributed by atoms with Gasteiger partial charge in [-0.15, -0.1) is 0 Å². The number of unbranched alkanes of at least 4 members (excludes halogenated alkanes) is 6. The van der Waals surface area contributed by atoms with Gasteiger partial charge in [0, 0.05) is 0 Å². The molecule has 0 aromatic carbocycles. The zero-order valence-electron chi connectivity index (χ0n) is 10.1. The Morgan fingerprint density at radius 2 is 1.60 bits per heavy atom. The standard InChI is InChI=1S/C12H24IO2/c1-3-5-6-7-8-9-10-11-15-12(14)13-4-2/h3-11H2,1-2H3/q-1. The Labute approximate surface area is 104 Å². The molecule has 0 aromatic rings. The summed E-state index contributed by atoms with van der Waals surface area (Å²) in [4.78, 5) is 11.0. The molecule has 0 fully saturated rings. The molecule has 0 bridgehead atoms. The van der Waals surface area contributed by atoms with Crippen LogP contribution in [0.15, 0.2) is 0 Å². The van der Waals surface area contributed by atoms with E-state index in [9.17, 15) is 4.79 Å². The third-order valence-corrected chi connectivity index (χ3v) is 3.90. The van der Waals surface area contributed by atoms with E-state index in [2.05, 4.69) is 6.92 Å². The van der Waals surface area contributed by atoms with E-state index in [-0.39, 0.29) is 25.2 Å². The number of carbonyl (C=O) groups excluding carboxylic acids is 1. The molecule has 0 aliphatic carbocycles. The molecule has 0 saturated carbocycles. The van der Waals surface area contributed by atoms with E-state index in [0.717, 1.165) is 10.8 Å². The fourth-order valence-corrected chi connectivity index (χ4v) is 2.42. The summed E-state index contributed by atoms with van der Waals surface area (Å²) in [6, 6.07) is 0. The summed E-state index contributed by atoms with van der Waals surface area (Å²) in [6.07, 6.45) is 8.91. The molecular formula is C12H24IO2-. The van der Waals surface area contributed by atoms with Crippen LogP contribution in [-0.2, 0) is 4.74 Å². The molecule has 0 radical (unpaired) electrons. The van der Waals surface area contributed by atoms with Gasteiger partial charge in [0.1, 0.15) is 0 Å². The van der Waals surface area contributed by atoms with E-state index < -0.39 is 0 Å². The quantitative estimate of drug-likeness (QED) is 0.259. The SMILES string of the molecule is CCCCCCCCCOC(=O)[I-]CC. The summed E-state index contributed by atoms with van der Waals surface area (Å²) in [6.45, 7) is 4.92. The second kappa shape index (κ2) is 12.3. The van der Waals surface area contributed by atoms with Crippen LogP contribution in [-0.4, -0.2) is 15.0 Å². The molecule has 0 aliphatic heterocycles. The van der Waals surface area contributed by atoms with Gasteiger partial charge in [0.15, 0.2) is 0 Å². The van der Waals surface area contributed by atoms with Gasteiger partial charge in [-0.05, 0) is 0 Å². The van der Waals surface area contributed by atoms with Crippen LogP contribution in [0.25, 0.3) is 0 Å². The number of hydrogen-bond acceptors (Lipinski definition) is 2. The molecule has 0 N–H and O–H groups in total. The van der Waals surface area contributed by atoms with Gasteiger partial charge in [0.05, 0.1) is 0 Å². The van der Waals surface area contributed by atoms with Crippen LogP contribution < -0.4 is 21.2 Å². The number of hydrogen-bond donors (Lipinski definition) is 0. The van der Waals surface area contributed by atoms with E-state index in [1.54, 1.807) is 0 Å². The van der Waals surface area contributed by atoms with E-state index in [4.69, 9.17) is 4.74 Å². The fraction of sp³-hybridized carbons (Fsp3) is 0.917. The number of halogens is 1. The molecule has 0 amide bonds. The van der Waals surface area contributed by atoms with E-state index >= 15 is 0 Å². The van der Waals surface area contributed by atoms with Gasteiger partial charge in [-0.25, -0.2) is 0 Å². The average Bonchev–Trinajstić information content (AvgIpc) is 2.22. The zero-order chi connectivity index (χ0) is 11.4. The number of alkyl halides is 1. The van der Waals surface area contributed by atoms with Crippen LogP contribution >= 0.6 is 0 Å². The first kappa shape index (κ1) is 15.2. The summed E-state index contributed by atoms with van der Waals surface area (Å²) in [5, 5.41) is 0. The monoisotopic (exact) mass is 327 g/mol. The van der Waals surface area contributed by atoms with E-state index in [0.29, 0.717) is 6.61 Å². The Kier molecular flexibility index (Phi) is 12.4. The van der Waals surface area contributed by atoms with Gasteiger partial charge in [0.2, 0.25) is 0 Å². The van der Waals surface area contributed by atoms with Crippen LogP contribution in [0.2, 0.25) is 0 Å². The topological polar surface area (TPSA) is 26.3 Å². The number of rotatable bonds is 10. The van der Waals surface area contributed by atoms with Crippen molar-refractivity contribution in [2.45, 2.75) is 58.8 Å². The third kappa shape index (κ3) is 12.1. The summed E-state index contributed by atoms with van der Waals surface area (Å²) in [7, 11) is 0. The van der Waals surface area contributed by atoms with Crippen LogP contribution in [0.4, 0.5) is 4.79 Å². The van der Waals surface area contributed by atoms with Gasteiger partial charge >= 0.3 is 105 Å². The molecule has 0 saturated heterocycles. The van der Waals surface area contributed by atoms with Crippen molar-refractivity contribution in [3.8, 4) is 0 Å². The normalized spacial score (nSPS) is 10.5. The Morgan fingerprint density at radius 1 is 1.00 bits per heavy atom. The first-order valence-corrected chi connectivity index (χ1v) is 8.67. The molecular weight excluding hydrogens is 303 g/mol. The van der Waals surface area contributed by atoms with Crippen LogP contribution in [0, 0.1) is 0 Å². The number of carbonyl (C=O) groups is 1. The van der Waals surface area contributed by atoms with Gasteiger partial charge in [0.25, 0.3) is 0 Å². The van der Waals surface area contributed by atoms with Crippen molar-refractivity contribution in [1.82, 2.24) is 0 Å². The van der Waals surface area contributed by atoms with Crippen molar-refractivity contribution in [1.29, 1.82) is 0 Å². The van der Waals surface area contributed by atoms with Crippen LogP contribution in [0.1, 0.15) is 58.8 Å². The van der Waals surface area contributed by atoms with Crippen LogP contribution in [0.3, 0.4) is 0 Å². The van der Waals surface area contributed by atoms with Gasteiger partial charge < -0.3 is 0 Å². The predicted molar refractivity (Wildman–Crippen MR) is 59.9 cm³/mol. The molecule has 0 aliphatic rings. The average molecular weight is 327 g/mol. The van der Waals surface area contributed by atoms with Crippen molar-refractivity contribution in [3.05, 3.63) is 0 Å². The summed E-state index contributed by atoms with van der Waals surface area (Å²) >= 11 is -0.330. The van der Waals surface area contributed by atoms with Gasteiger partial charge in [-0.2, -0.15) is 0 Å². The molecule has 92 valence electrons. The van der Waals surface area contributed by atoms with Crippen molar-refractivity contribution in [2.75, 3.05) is 11.0 Å². The minimum absolute atomic E-state index is 0.0716. The Bertz CT molecular complexity index is 149. The Hall–Kier alpha value is 0.200. The van der Waals surface area contributed by atoms with Gasteiger partial charge in [-0.3, -0.25) is 0 Å². The van der Waals surface area contributed by atoms with E-state index in [1.807, 2.05) is 6.92 Å². The Morgan fingerprint density at radius 3 is 2.20 bits per heavy atom. The third-order valence-electron chi connectivity index (χ3n) is 2.21. The second-order valence-corrected chi connectivity index (χ2v) is 6.78. The van der Waals surface area contributed by atoms with Crippen molar-refractivity contribution in [2.24, 2.45) is 0 Å². The molecule has 0 spiro atoms. The fourth-order valence-electron chi connectivity index (χ4n) is 1.36. The molecule has 2 nitrogen and oxygen atoms in total. The van der Waals surface area contributed by atoms with Crippen molar-refractivity contribution < 1.29 is 30.7 Å². The summed E-state index contributed by atoms with van der Waals surface area (Å²) in [5.41, 5.74) is 0. The van der Waals surface area contributed by atoms with Crippen LogP contribution in [0.5, 0.6) is 0 Å². The first-order valence-electron chi connectivity index (χ1n) is 6.07. The Balaban J connectivity index is 3.01.